The van der Waals surface area contributed by atoms with Gasteiger partial charge in [-0.3, -0.25) is 24.5 Å². The zero-order valence-electron chi connectivity index (χ0n) is 19.0. The van der Waals surface area contributed by atoms with Crippen molar-refractivity contribution in [2.75, 3.05) is 31.2 Å². The molecule has 0 bridgehead atoms. The summed E-state index contributed by atoms with van der Waals surface area (Å²) in [4.78, 5) is 49.9. The molecule has 0 spiro atoms. The summed E-state index contributed by atoms with van der Waals surface area (Å²) in [7, 11) is 0. The summed E-state index contributed by atoms with van der Waals surface area (Å²) in [5.74, 6) is 0. The maximum atomic E-state index is 13.6. The Morgan fingerprint density at radius 1 is 0.917 bits per heavy atom. The number of rotatable bonds is 6. The standard InChI is InChI=1S/C26H20N4O6/c31-15-17-11-18(16-32)13-19(12-17)25-21-3-1-2-4-22(21)26(33)29(27-25)24-14-20(5-6-23(24)30(34)35)28-7-9-36-10-8-28/h1-6,11-16H,7-10H2. The first-order valence-corrected chi connectivity index (χ1v) is 11.2. The van der Waals surface area contributed by atoms with E-state index in [9.17, 15) is 24.5 Å². The van der Waals surface area contributed by atoms with Gasteiger partial charge in [0.25, 0.3) is 11.2 Å². The minimum atomic E-state index is -0.557. The van der Waals surface area contributed by atoms with Crippen LogP contribution in [0.1, 0.15) is 20.7 Å². The number of morpholine rings is 1. The summed E-state index contributed by atoms with van der Waals surface area (Å²) >= 11 is 0. The van der Waals surface area contributed by atoms with Gasteiger partial charge in [-0.1, -0.05) is 18.2 Å². The fourth-order valence-electron chi connectivity index (χ4n) is 4.37. The van der Waals surface area contributed by atoms with Crippen LogP contribution in [0.2, 0.25) is 0 Å². The molecule has 1 fully saturated rings. The molecule has 0 saturated carbocycles. The molecule has 0 radical (unpaired) electrons. The van der Waals surface area contributed by atoms with E-state index in [4.69, 9.17) is 4.74 Å². The van der Waals surface area contributed by atoms with E-state index in [2.05, 4.69) is 5.10 Å². The number of fused-ring (bicyclic) bond motifs is 1. The van der Waals surface area contributed by atoms with Crippen molar-refractivity contribution in [2.45, 2.75) is 0 Å². The Balaban J connectivity index is 1.80. The lowest BCUT2D eigenvalue weighted by atomic mass is 10.0. The number of carbonyl (C=O) groups excluding carboxylic acids is 2. The maximum Gasteiger partial charge on any atom is 0.295 e. The lowest BCUT2D eigenvalue weighted by Gasteiger charge is -2.29. The summed E-state index contributed by atoms with van der Waals surface area (Å²) in [6.07, 6.45) is 1.23. The van der Waals surface area contributed by atoms with Crippen LogP contribution < -0.4 is 10.5 Å². The third kappa shape index (κ3) is 4.14. The van der Waals surface area contributed by atoms with Crippen molar-refractivity contribution >= 4 is 34.7 Å². The van der Waals surface area contributed by atoms with Crippen molar-refractivity contribution < 1.29 is 19.2 Å². The molecule has 5 rings (SSSR count). The zero-order chi connectivity index (χ0) is 25.2. The first-order valence-electron chi connectivity index (χ1n) is 11.2. The van der Waals surface area contributed by atoms with Crippen LogP contribution in [0, 0.1) is 10.1 Å². The molecule has 180 valence electrons. The normalized spacial score (nSPS) is 13.5. The van der Waals surface area contributed by atoms with Crippen molar-refractivity contribution in [2.24, 2.45) is 0 Å². The molecule has 1 aromatic heterocycles. The van der Waals surface area contributed by atoms with Crippen molar-refractivity contribution in [1.29, 1.82) is 0 Å². The van der Waals surface area contributed by atoms with Gasteiger partial charge >= 0.3 is 0 Å². The molecule has 10 nitrogen and oxygen atoms in total. The Morgan fingerprint density at radius 3 is 2.22 bits per heavy atom. The lowest BCUT2D eigenvalue weighted by molar-refractivity contribution is -0.384. The van der Waals surface area contributed by atoms with Crippen LogP contribution in [-0.2, 0) is 4.74 Å². The highest BCUT2D eigenvalue weighted by Crippen LogP contribution is 2.31. The van der Waals surface area contributed by atoms with Crippen LogP contribution in [0.4, 0.5) is 11.4 Å². The van der Waals surface area contributed by atoms with Gasteiger partial charge in [0.1, 0.15) is 18.3 Å². The summed E-state index contributed by atoms with van der Waals surface area (Å²) in [5.41, 5.74) is 1.17. The molecular weight excluding hydrogens is 464 g/mol. The van der Waals surface area contributed by atoms with Gasteiger partial charge in [0.15, 0.2) is 0 Å². The third-order valence-electron chi connectivity index (χ3n) is 6.09. The number of ether oxygens (including phenoxy) is 1. The molecule has 0 unspecified atom stereocenters. The summed E-state index contributed by atoms with van der Waals surface area (Å²) in [6, 6.07) is 15.9. The van der Waals surface area contributed by atoms with Gasteiger partial charge in [0.2, 0.25) is 0 Å². The number of nitrogens with zero attached hydrogens (tertiary/aromatic N) is 4. The molecule has 0 aliphatic carbocycles. The Labute approximate surface area is 204 Å². The molecule has 36 heavy (non-hydrogen) atoms. The largest absolute Gasteiger partial charge is 0.378 e. The molecule has 0 atom stereocenters. The number of nitro groups is 1. The Bertz CT molecular complexity index is 1550. The number of benzene rings is 3. The van der Waals surface area contributed by atoms with E-state index in [0.717, 1.165) is 4.68 Å². The minimum Gasteiger partial charge on any atom is -0.378 e. The predicted octanol–water partition coefficient (Wildman–Crippen LogP) is 3.42. The number of anilines is 1. The first kappa shape index (κ1) is 23.1. The lowest BCUT2D eigenvalue weighted by Crippen LogP contribution is -2.36. The first-order chi connectivity index (χ1) is 17.5. The molecule has 0 N–H and O–H groups in total. The van der Waals surface area contributed by atoms with Crippen LogP contribution in [0.3, 0.4) is 0 Å². The van der Waals surface area contributed by atoms with Gasteiger partial charge in [0, 0.05) is 46.9 Å². The Morgan fingerprint density at radius 2 is 1.58 bits per heavy atom. The second-order valence-electron chi connectivity index (χ2n) is 8.26. The molecule has 4 aromatic rings. The van der Waals surface area contributed by atoms with Crippen LogP contribution in [-0.4, -0.2) is 53.6 Å². The van der Waals surface area contributed by atoms with Crippen molar-refractivity contribution in [3.8, 4) is 16.9 Å². The van der Waals surface area contributed by atoms with Crippen molar-refractivity contribution in [3.63, 3.8) is 0 Å². The topological polar surface area (TPSA) is 125 Å². The molecular formula is C26H20N4O6. The number of hydrogen-bond acceptors (Lipinski definition) is 8. The van der Waals surface area contributed by atoms with E-state index in [-0.39, 0.29) is 27.9 Å². The highest BCUT2D eigenvalue weighted by Gasteiger charge is 2.23. The monoisotopic (exact) mass is 484 g/mol. The zero-order valence-corrected chi connectivity index (χ0v) is 19.0. The quantitative estimate of drug-likeness (QED) is 0.232. The Hall–Kier alpha value is -4.70. The highest BCUT2D eigenvalue weighted by molar-refractivity contribution is 5.96. The molecule has 3 aromatic carbocycles. The maximum absolute atomic E-state index is 13.6. The fourth-order valence-corrected chi connectivity index (χ4v) is 4.37. The van der Waals surface area contributed by atoms with E-state index in [0.29, 0.717) is 61.2 Å². The average molecular weight is 484 g/mol. The number of hydrogen-bond donors (Lipinski definition) is 0. The smallest absolute Gasteiger partial charge is 0.295 e. The number of nitro benzene ring substituents is 1. The fraction of sp³-hybridized carbons (Fsp3) is 0.154. The number of carbonyl (C=O) groups is 2. The molecule has 1 aliphatic heterocycles. The van der Waals surface area contributed by atoms with Crippen LogP contribution >= 0.6 is 0 Å². The predicted molar refractivity (Wildman–Crippen MR) is 133 cm³/mol. The average Bonchev–Trinajstić information content (AvgIpc) is 2.93. The molecule has 2 heterocycles. The molecule has 0 amide bonds. The summed E-state index contributed by atoms with van der Waals surface area (Å²) < 4.78 is 6.42. The summed E-state index contributed by atoms with van der Waals surface area (Å²) in [5, 5.41) is 17.3. The highest BCUT2D eigenvalue weighted by atomic mass is 16.6. The van der Waals surface area contributed by atoms with Crippen LogP contribution in [0.25, 0.3) is 27.7 Å². The van der Waals surface area contributed by atoms with Crippen molar-refractivity contribution in [3.05, 3.63) is 92.3 Å². The third-order valence-corrected chi connectivity index (χ3v) is 6.09. The Kier molecular flexibility index (Phi) is 6.09. The molecule has 10 heteroatoms. The van der Waals surface area contributed by atoms with Crippen molar-refractivity contribution in [1.82, 2.24) is 9.78 Å². The van der Waals surface area contributed by atoms with E-state index in [1.54, 1.807) is 48.5 Å². The second-order valence-corrected chi connectivity index (χ2v) is 8.26. The van der Waals surface area contributed by atoms with E-state index < -0.39 is 10.5 Å². The number of aromatic nitrogens is 2. The SMILES string of the molecule is O=Cc1cc(C=O)cc(-c2nn(-c3cc(N4CCOCC4)ccc3[N+](=O)[O-])c(=O)c3ccccc23)c1. The van der Waals surface area contributed by atoms with Gasteiger partial charge in [0.05, 0.1) is 29.2 Å². The van der Waals surface area contributed by atoms with E-state index in [1.807, 2.05) is 4.90 Å². The van der Waals surface area contributed by atoms with E-state index in [1.165, 1.54) is 12.1 Å². The van der Waals surface area contributed by atoms with Gasteiger partial charge < -0.3 is 9.64 Å². The van der Waals surface area contributed by atoms with Gasteiger partial charge in [-0.15, -0.1) is 0 Å². The van der Waals surface area contributed by atoms with Gasteiger partial charge in [-0.2, -0.15) is 9.78 Å². The van der Waals surface area contributed by atoms with E-state index >= 15 is 0 Å². The summed E-state index contributed by atoms with van der Waals surface area (Å²) in [6.45, 7) is 2.26. The number of aldehydes is 2. The second kappa shape index (κ2) is 9.51. The van der Waals surface area contributed by atoms with Crippen LogP contribution in [0.15, 0.2) is 65.5 Å². The molecule has 1 aliphatic rings. The minimum absolute atomic E-state index is 0.0168. The van der Waals surface area contributed by atoms with Gasteiger partial charge in [-0.25, -0.2) is 0 Å². The van der Waals surface area contributed by atoms with Gasteiger partial charge in [-0.05, 0) is 36.4 Å². The molecule has 1 saturated heterocycles. The van der Waals surface area contributed by atoms with Crippen LogP contribution in [0.5, 0.6) is 0 Å².